The molecule has 1 rings (SSSR count). The SMILES string of the molecule is CC(=O)Nc1ccc(COCC(=O)O)cc1. The summed E-state index contributed by atoms with van der Waals surface area (Å²) in [5.74, 6) is -1.12. The van der Waals surface area contributed by atoms with Gasteiger partial charge in [-0.1, -0.05) is 12.1 Å². The molecule has 16 heavy (non-hydrogen) atoms. The fraction of sp³-hybridized carbons (Fsp3) is 0.273. The van der Waals surface area contributed by atoms with Crippen molar-refractivity contribution < 1.29 is 19.4 Å². The number of carbonyl (C=O) groups is 2. The van der Waals surface area contributed by atoms with Crippen molar-refractivity contribution in [1.29, 1.82) is 0 Å². The number of hydrogen-bond donors (Lipinski definition) is 2. The van der Waals surface area contributed by atoms with Crippen molar-refractivity contribution in [2.75, 3.05) is 11.9 Å². The Balaban J connectivity index is 2.45. The van der Waals surface area contributed by atoms with Crippen LogP contribution in [0.1, 0.15) is 12.5 Å². The Morgan fingerprint density at radius 2 is 1.94 bits per heavy atom. The van der Waals surface area contributed by atoms with Gasteiger partial charge in [0, 0.05) is 12.6 Å². The molecule has 2 N–H and O–H groups in total. The smallest absolute Gasteiger partial charge is 0.329 e. The monoisotopic (exact) mass is 223 g/mol. The zero-order valence-corrected chi connectivity index (χ0v) is 8.90. The third-order valence-electron chi connectivity index (χ3n) is 1.77. The first-order chi connectivity index (χ1) is 7.58. The molecule has 5 nitrogen and oxygen atoms in total. The summed E-state index contributed by atoms with van der Waals surface area (Å²) in [4.78, 5) is 20.9. The van der Waals surface area contributed by atoms with E-state index in [0.29, 0.717) is 5.69 Å². The van der Waals surface area contributed by atoms with Crippen LogP contribution in [-0.2, 0) is 20.9 Å². The summed E-state index contributed by atoms with van der Waals surface area (Å²) in [6.45, 7) is 1.37. The van der Waals surface area contributed by atoms with Gasteiger partial charge in [-0.25, -0.2) is 4.79 Å². The Hall–Kier alpha value is -1.88. The molecule has 0 aliphatic heterocycles. The molecule has 5 heteroatoms. The Labute approximate surface area is 93.0 Å². The van der Waals surface area contributed by atoms with Crippen molar-refractivity contribution in [3.8, 4) is 0 Å². The quantitative estimate of drug-likeness (QED) is 0.787. The molecule has 0 unspecified atom stereocenters. The zero-order valence-electron chi connectivity index (χ0n) is 8.90. The number of nitrogens with one attached hydrogen (secondary N) is 1. The number of amides is 1. The minimum atomic E-state index is -0.991. The molecule has 0 aliphatic rings. The van der Waals surface area contributed by atoms with E-state index in [2.05, 4.69) is 5.32 Å². The summed E-state index contributed by atoms with van der Waals surface area (Å²) in [5.41, 5.74) is 1.56. The molecule has 0 radical (unpaired) electrons. The first-order valence-electron chi connectivity index (χ1n) is 4.74. The molecule has 0 saturated heterocycles. The van der Waals surface area contributed by atoms with Gasteiger partial charge in [0.1, 0.15) is 6.61 Å². The van der Waals surface area contributed by atoms with Crippen molar-refractivity contribution in [1.82, 2.24) is 0 Å². The number of carbonyl (C=O) groups excluding carboxylic acids is 1. The number of carboxylic acid groups (broad SMARTS) is 1. The van der Waals surface area contributed by atoms with Gasteiger partial charge in [-0.05, 0) is 17.7 Å². The van der Waals surface area contributed by atoms with E-state index in [1.807, 2.05) is 0 Å². The van der Waals surface area contributed by atoms with Gasteiger partial charge in [0.05, 0.1) is 6.61 Å². The Kier molecular flexibility index (Phi) is 4.47. The molecule has 0 saturated carbocycles. The van der Waals surface area contributed by atoms with E-state index in [1.54, 1.807) is 24.3 Å². The molecular formula is C11H13NO4. The summed E-state index contributed by atoms with van der Waals surface area (Å²) in [6.07, 6.45) is 0. The molecule has 1 aromatic rings. The number of hydrogen-bond acceptors (Lipinski definition) is 3. The number of carboxylic acids is 1. The van der Waals surface area contributed by atoms with Gasteiger partial charge >= 0.3 is 5.97 Å². The number of ether oxygens (including phenoxy) is 1. The molecule has 0 aromatic heterocycles. The highest BCUT2D eigenvalue weighted by Gasteiger charge is 1.99. The first-order valence-corrected chi connectivity index (χ1v) is 4.74. The highest BCUT2D eigenvalue weighted by Crippen LogP contribution is 2.10. The molecular weight excluding hydrogens is 210 g/mol. The molecule has 86 valence electrons. The number of benzene rings is 1. The summed E-state index contributed by atoms with van der Waals surface area (Å²) in [6, 6.07) is 7.02. The average Bonchev–Trinajstić information content (AvgIpc) is 2.19. The zero-order chi connectivity index (χ0) is 12.0. The van der Waals surface area contributed by atoms with Crippen LogP contribution in [0.4, 0.5) is 5.69 Å². The molecule has 0 aliphatic carbocycles. The maximum absolute atomic E-state index is 10.7. The summed E-state index contributed by atoms with van der Waals surface area (Å²) in [7, 11) is 0. The van der Waals surface area contributed by atoms with E-state index in [0.717, 1.165) is 5.56 Å². The van der Waals surface area contributed by atoms with Crippen molar-refractivity contribution in [3.63, 3.8) is 0 Å². The van der Waals surface area contributed by atoms with E-state index in [9.17, 15) is 9.59 Å². The maximum atomic E-state index is 10.7. The molecule has 0 fully saturated rings. The van der Waals surface area contributed by atoms with Crippen molar-refractivity contribution in [2.45, 2.75) is 13.5 Å². The summed E-state index contributed by atoms with van der Waals surface area (Å²) in [5, 5.41) is 11.0. The minimum Gasteiger partial charge on any atom is -0.480 e. The van der Waals surface area contributed by atoms with Crippen molar-refractivity contribution >= 4 is 17.6 Å². The van der Waals surface area contributed by atoms with Crippen LogP contribution in [0.25, 0.3) is 0 Å². The standard InChI is InChI=1S/C11H13NO4/c1-8(13)12-10-4-2-9(3-5-10)6-16-7-11(14)15/h2-5H,6-7H2,1H3,(H,12,13)(H,14,15). The van der Waals surface area contributed by atoms with Crippen LogP contribution in [0.15, 0.2) is 24.3 Å². The van der Waals surface area contributed by atoms with Crippen LogP contribution in [0.2, 0.25) is 0 Å². The predicted octanol–water partition coefficient (Wildman–Crippen LogP) is 1.25. The van der Waals surface area contributed by atoms with Crippen LogP contribution >= 0.6 is 0 Å². The third kappa shape index (κ3) is 4.56. The fourth-order valence-electron chi connectivity index (χ4n) is 1.14. The lowest BCUT2D eigenvalue weighted by molar-refractivity contribution is -0.142. The van der Waals surface area contributed by atoms with Crippen LogP contribution in [0.3, 0.4) is 0 Å². The van der Waals surface area contributed by atoms with Crippen molar-refractivity contribution in [2.24, 2.45) is 0 Å². The van der Waals surface area contributed by atoms with Gasteiger partial charge in [0.15, 0.2) is 0 Å². The van der Waals surface area contributed by atoms with Gasteiger partial charge in [0.25, 0.3) is 0 Å². The van der Waals surface area contributed by atoms with Crippen molar-refractivity contribution in [3.05, 3.63) is 29.8 Å². The fourth-order valence-corrected chi connectivity index (χ4v) is 1.14. The van der Waals surface area contributed by atoms with E-state index >= 15 is 0 Å². The first kappa shape index (κ1) is 12.2. The molecule has 0 bridgehead atoms. The summed E-state index contributed by atoms with van der Waals surface area (Å²) >= 11 is 0. The topological polar surface area (TPSA) is 75.6 Å². The van der Waals surface area contributed by atoms with E-state index < -0.39 is 5.97 Å². The minimum absolute atomic E-state index is 0.130. The molecule has 1 aromatic carbocycles. The lowest BCUT2D eigenvalue weighted by Crippen LogP contribution is -2.07. The second-order valence-electron chi connectivity index (χ2n) is 3.26. The number of anilines is 1. The van der Waals surface area contributed by atoms with Crippen LogP contribution in [0, 0.1) is 0 Å². The number of rotatable bonds is 5. The van der Waals surface area contributed by atoms with Crippen LogP contribution in [0.5, 0.6) is 0 Å². The highest BCUT2D eigenvalue weighted by atomic mass is 16.5. The average molecular weight is 223 g/mol. The van der Waals surface area contributed by atoms with Gasteiger partial charge in [-0.15, -0.1) is 0 Å². The van der Waals surface area contributed by atoms with Gasteiger partial charge in [0.2, 0.25) is 5.91 Å². The number of aliphatic carboxylic acids is 1. The van der Waals surface area contributed by atoms with Gasteiger partial charge in [-0.3, -0.25) is 4.79 Å². The molecule has 0 heterocycles. The Morgan fingerprint density at radius 1 is 1.31 bits per heavy atom. The van der Waals surface area contributed by atoms with E-state index in [4.69, 9.17) is 9.84 Å². The Morgan fingerprint density at radius 3 is 2.44 bits per heavy atom. The predicted molar refractivity (Wildman–Crippen MR) is 58.0 cm³/mol. The molecule has 1 amide bonds. The van der Waals surface area contributed by atoms with Gasteiger partial charge in [-0.2, -0.15) is 0 Å². The van der Waals surface area contributed by atoms with E-state index in [-0.39, 0.29) is 19.1 Å². The lowest BCUT2D eigenvalue weighted by Gasteiger charge is -2.04. The molecule has 0 spiro atoms. The highest BCUT2D eigenvalue weighted by molar-refractivity contribution is 5.88. The van der Waals surface area contributed by atoms with Gasteiger partial charge < -0.3 is 15.2 Å². The lowest BCUT2D eigenvalue weighted by atomic mass is 10.2. The second-order valence-corrected chi connectivity index (χ2v) is 3.26. The third-order valence-corrected chi connectivity index (χ3v) is 1.77. The second kappa shape index (κ2) is 5.87. The largest absolute Gasteiger partial charge is 0.480 e. The van der Waals surface area contributed by atoms with E-state index in [1.165, 1.54) is 6.92 Å². The molecule has 0 atom stereocenters. The summed E-state index contributed by atoms with van der Waals surface area (Å²) < 4.78 is 4.92. The Bertz CT molecular complexity index is 372. The normalized spacial score (nSPS) is 9.81. The van der Waals surface area contributed by atoms with Crippen LogP contribution in [-0.4, -0.2) is 23.6 Å². The maximum Gasteiger partial charge on any atom is 0.329 e. The van der Waals surface area contributed by atoms with Crippen LogP contribution < -0.4 is 5.32 Å².